The monoisotopic (exact) mass is 616 g/mol. The average molecular weight is 617 g/mol. The number of esters is 1. The normalized spacial score (nSPS) is 18.2. The first-order chi connectivity index (χ1) is 21.3. The van der Waals surface area contributed by atoms with Gasteiger partial charge in [0.15, 0.2) is 5.82 Å². The van der Waals surface area contributed by atoms with Crippen LogP contribution in [-0.2, 0) is 20.7 Å². The molecule has 2 aromatic carbocycles. The van der Waals surface area contributed by atoms with Gasteiger partial charge < -0.3 is 14.8 Å². The summed E-state index contributed by atoms with van der Waals surface area (Å²) in [4.78, 5) is 32.0. The third kappa shape index (κ3) is 8.19. The van der Waals surface area contributed by atoms with Gasteiger partial charge in [0.05, 0.1) is 5.57 Å². The lowest BCUT2D eigenvalue weighted by molar-refractivity contribution is -0.158. The predicted octanol–water partition coefficient (Wildman–Crippen LogP) is 6.48. The molecule has 1 fully saturated rings. The summed E-state index contributed by atoms with van der Waals surface area (Å²) in [5.41, 5.74) is 6.49. The van der Waals surface area contributed by atoms with Gasteiger partial charge in [0, 0.05) is 36.4 Å². The van der Waals surface area contributed by atoms with Crippen molar-refractivity contribution in [3.8, 4) is 5.75 Å². The second kappa shape index (κ2) is 13.2. The Morgan fingerprint density at radius 3 is 2.27 bits per heavy atom. The zero-order valence-electron chi connectivity index (χ0n) is 27.2. The number of rotatable bonds is 8. The Kier molecular flexibility index (Phi) is 9.49. The minimum Gasteiger partial charge on any atom is -0.488 e. The lowest BCUT2D eigenvalue weighted by Crippen LogP contribution is -2.46. The van der Waals surface area contributed by atoms with Crippen LogP contribution in [0, 0.1) is 11.7 Å². The Morgan fingerprint density at radius 2 is 1.64 bits per heavy atom. The quantitative estimate of drug-likeness (QED) is 0.330. The topological polar surface area (TPSA) is 92.3 Å². The number of carbonyl (C=O) groups excluding carboxylic acids is 2. The largest absolute Gasteiger partial charge is 0.488 e. The minimum atomic E-state index is -0.913. The molecule has 1 saturated carbocycles. The number of allylic oxidation sites excluding steroid dienone is 2. The predicted molar refractivity (Wildman–Crippen MR) is 174 cm³/mol. The Labute approximate surface area is 265 Å². The molecule has 2 aromatic rings. The van der Waals surface area contributed by atoms with E-state index in [1.807, 2.05) is 50.0 Å². The first kappa shape index (κ1) is 32.4. The molecule has 1 amide bonds. The highest BCUT2D eigenvalue weighted by Crippen LogP contribution is 2.40. The highest BCUT2D eigenvalue weighted by molar-refractivity contribution is 6.12. The summed E-state index contributed by atoms with van der Waals surface area (Å²) in [7, 11) is 0. The molecule has 8 nitrogen and oxygen atoms in total. The maximum Gasteiger partial charge on any atom is 0.329 e. The van der Waals surface area contributed by atoms with E-state index in [9.17, 15) is 14.0 Å². The van der Waals surface area contributed by atoms with Gasteiger partial charge in [-0.15, -0.1) is 0 Å². The number of amides is 1. The molecule has 240 valence electrons. The molecule has 0 spiro atoms. The van der Waals surface area contributed by atoms with Crippen LogP contribution in [0.4, 0.5) is 4.39 Å². The summed E-state index contributed by atoms with van der Waals surface area (Å²) < 4.78 is 25.4. The van der Waals surface area contributed by atoms with Crippen molar-refractivity contribution in [2.75, 3.05) is 6.54 Å². The standard InChI is InChI=1S/C36H45FN4O4/c1-35(2,3)44-27-18-12-23(13-19-27)20-30(34(43)45-36(4,5)6)40-33(42)29-22-39-41-31(25-10-8-7-9-11-25)28(21-38-32(29)41)24-14-16-26(37)17-15-24/h12-19,21,25,30,39H,7-11,20,22H2,1-6H3,(H,40,42)/t30-/m0/s1. The van der Waals surface area contributed by atoms with Gasteiger partial charge in [0.25, 0.3) is 5.91 Å². The van der Waals surface area contributed by atoms with Gasteiger partial charge in [0.2, 0.25) is 0 Å². The van der Waals surface area contributed by atoms with Gasteiger partial charge in [-0.05, 0) is 89.8 Å². The molecule has 0 radical (unpaired) electrons. The zero-order chi connectivity index (χ0) is 32.4. The summed E-state index contributed by atoms with van der Waals surface area (Å²) in [6.07, 6.45) is 7.55. The summed E-state index contributed by atoms with van der Waals surface area (Å²) >= 11 is 0. The molecule has 0 bridgehead atoms. The highest BCUT2D eigenvalue weighted by atomic mass is 19.1. The minimum absolute atomic E-state index is 0.251. The van der Waals surface area contributed by atoms with E-state index < -0.39 is 17.6 Å². The number of benzene rings is 2. The van der Waals surface area contributed by atoms with Gasteiger partial charge in [-0.1, -0.05) is 43.5 Å². The third-order valence-corrected chi connectivity index (χ3v) is 7.93. The van der Waals surface area contributed by atoms with E-state index in [-0.39, 0.29) is 36.2 Å². The molecular weight excluding hydrogens is 571 g/mol. The lowest BCUT2D eigenvalue weighted by Gasteiger charge is -2.35. The van der Waals surface area contributed by atoms with Crippen LogP contribution in [0.3, 0.4) is 0 Å². The summed E-state index contributed by atoms with van der Waals surface area (Å²) in [6.45, 7) is 11.6. The molecule has 2 heterocycles. The van der Waals surface area contributed by atoms with Crippen LogP contribution in [0.15, 0.2) is 70.6 Å². The van der Waals surface area contributed by atoms with Crippen LogP contribution in [0.1, 0.15) is 84.8 Å². The molecule has 9 heteroatoms. The van der Waals surface area contributed by atoms with Crippen molar-refractivity contribution < 1.29 is 23.5 Å². The molecule has 2 N–H and O–H groups in total. The van der Waals surface area contributed by atoms with Crippen molar-refractivity contribution in [2.45, 2.75) is 97.3 Å². The average Bonchev–Trinajstić information content (AvgIpc) is 3.41. The van der Waals surface area contributed by atoms with E-state index in [2.05, 4.69) is 10.7 Å². The van der Waals surface area contributed by atoms with Crippen LogP contribution < -0.4 is 15.5 Å². The summed E-state index contributed by atoms with van der Waals surface area (Å²) in [5.74, 6) is 0.339. The number of hydrogen-bond donors (Lipinski definition) is 2. The van der Waals surface area contributed by atoms with E-state index >= 15 is 0 Å². The van der Waals surface area contributed by atoms with E-state index in [1.54, 1.807) is 39.1 Å². The molecule has 0 unspecified atom stereocenters. The number of fused-ring (bicyclic) bond motifs is 1. The SMILES string of the molecule is CC(C)(C)OC(=O)[C@H](Cc1ccc(OC(C)(C)C)cc1)NC(=O)C1=C2N=CC(c3ccc(F)cc3)=C(C3CCCCC3)N2NC1. The Bertz CT molecular complexity index is 1490. The highest BCUT2D eigenvalue weighted by Gasteiger charge is 2.38. The van der Waals surface area contributed by atoms with Crippen LogP contribution in [0.25, 0.3) is 5.57 Å². The van der Waals surface area contributed by atoms with Crippen LogP contribution in [-0.4, -0.2) is 46.9 Å². The molecule has 0 saturated heterocycles. The number of hydrogen-bond acceptors (Lipinski definition) is 7. The van der Waals surface area contributed by atoms with Crippen molar-refractivity contribution >= 4 is 23.7 Å². The fraction of sp³-hybridized carbons (Fsp3) is 0.472. The second-order valence-corrected chi connectivity index (χ2v) is 14.0. The Hall–Kier alpha value is -3.98. The van der Waals surface area contributed by atoms with Crippen molar-refractivity contribution in [3.05, 3.63) is 82.6 Å². The number of nitrogens with zero attached hydrogens (tertiary/aromatic N) is 2. The molecule has 2 aliphatic heterocycles. The second-order valence-electron chi connectivity index (χ2n) is 14.0. The van der Waals surface area contributed by atoms with Gasteiger partial charge >= 0.3 is 5.97 Å². The maximum absolute atomic E-state index is 13.9. The van der Waals surface area contributed by atoms with E-state index in [4.69, 9.17) is 14.5 Å². The van der Waals surface area contributed by atoms with E-state index in [1.165, 1.54) is 18.6 Å². The number of aliphatic imine (C=N–C) groups is 1. The smallest absolute Gasteiger partial charge is 0.329 e. The Balaban J connectivity index is 1.41. The summed E-state index contributed by atoms with van der Waals surface area (Å²) in [5, 5.41) is 4.89. The van der Waals surface area contributed by atoms with Gasteiger partial charge in [-0.25, -0.2) is 19.6 Å². The molecule has 3 aliphatic rings. The van der Waals surface area contributed by atoms with Crippen molar-refractivity contribution in [1.29, 1.82) is 0 Å². The van der Waals surface area contributed by atoms with Crippen molar-refractivity contribution in [3.63, 3.8) is 0 Å². The van der Waals surface area contributed by atoms with E-state index in [0.29, 0.717) is 11.4 Å². The van der Waals surface area contributed by atoms with Crippen LogP contribution in [0.2, 0.25) is 0 Å². The zero-order valence-corrected chi connectivity index (χ0v) is 27.2. The van der Waals surface area contributed by atoms with E-state index in [0.717, 1.165) is 53.8 Å². The molecule has 45 heavy (non-hydrogen) atoms. The van der Waals surface area contributed by atoms with Crippen molar-refractivity contribution in [1.82, 2.24) is 15.8 Å². The number of halogens is 1. The van der Waals surface area contributed by atoms with Crippen molar-refractivity contribution in [2.24, 2.45) is 10.9 Å². The van der Waals surface area contributed by atoms with Gasteiger partial charge in [-0.3, -0.25) is 9.80 Å². The maximum atomic E-state index is 13.9. The van der Waals surface area contributed by atoms with Crippen LogP contribution >= 0.6 is 0 Å². The first-order valence-corrected chi connectivity index (χ1v) is 15.9. The van der Waals surface area contributed by atoms with Gasteiger partial charge in [-0.2, -0.15) is 0 Å². The molecule has 0 aromatic heterocycles. The Morgan fingerprint density at radius 1 is 0.978 bits per heavy atom. The number of carbonyl (C=O) groups is 2. The number of hydrazine groups is 1. The summed E-state index contributed by atoms with van der Waals surface area (Å²) in [6, 6.07) is 13.1. The fourth-order valence-electron chi connectivity index (χ4n) is 6.00. The number of nitrogens with one attached hydrogen (secondary N) is 2. The van der Waals surface area contributed by atoms with Gasteiger partial charge in [0.1, 0.15) is 28.8 Å². The lowest BCUT2D eigenvalue weighted by atomic mass is 9.83. The molecule has 1 atom stereocenters. The third-order valence-electron chi connectivity index (χ3n) is 7.93. The first-order valence-electron chi connectivity index (χ1n) is 15.9. The molecular formula is C36H45FN4O4. The van der Waals surface area contributed by atoms with Crippen LogP contribution in [0.5, 0.6) is 5.75 Å². The molecule has 1 aliphatic carbocycles. The fourth-order valence-corrected chi connectivity index (χ4v) is 6.00. The number of ether oxygens (including phenoxy) is 2. The molecule has 5 rings (SSSR count).